The van der Waals surface area contributed by atoms with Crippen molar-refractivity contribution >= 4 is 11.4 Å². The van der Waals surface area contributed by atoms with Crippen LogP contribution in [0.25, 0.3) is 0 Å². The summed E-state index contributed by atoms with van der Waals surface area (Å²) in [6.45, 7) is 3.23. The Morgan fingerprint density at radius 3 is 2.65 bits per heavy atom. The minimum Gasteiger partial charge on any atom is -0.393 e. The number of hydrogen-bond acceptors (Lipinski definition) is 4. The van der Waals surface area contributed by atoms with Crippen LogP contribution in [0.1, 0.15) is 36.9 Å². The summed E-state index contributed by atoms with van der Waals surface area (Å²) in [4.78, 5) is 2.12. The van der Waals surface area contributed by atoms with E-state index in [1.165, 1.54) is 24.3 Å². The fourth-order valence-electron chi connectivity index (χ4n) is 3.34. The lowest BCUT2D eigenvalue weighted by atomic mass is 10.0. The highest BCUT2D eigenvalue weighted by Gasteiger charge is 2.22. The Labute approximate surface area is 151 Å². The zero-order chi connectivity index (χ0) is 18.7. The summed E-state index contributed by atoms with van der Waals surface area (Å²) in [5.41, 5.74) is 1.94. The van der Waals surface area contributed by atoms with E-state index in [1.807, 2.05) is 13.0 Å². The van der Waals surface area contributed by atoms with Gasteiger partial charge in [0.05, 0.1) is 17.8 Å². The maximum Gasteiger partial charge on any atom is 0.143 e. The van der Waals surface area contributed by atoms with Crippen LogP contribution in [0.3, 0.4) is 0 Å². The number of nitrogens with one attached hydrogen (secondary N) is 1. The van der Waals surface area contributed by atoms with Gasteiger partial charge in [-0.1, -0.05) is 6.07 Å². The Kier molecular flexibility index (Phi) is 5.38. The number of anilines is 2. The molecule has 2 N–H and O–H groups in total. The summed E-state index contributed by atoms with van der Waals surface area (Å²) in [5, 5.41) is 22.0. The topological polar surface area (TPSA) is 59.3 Å². The maximum atomic E-state index is 13.9. The van der Waals surface area contributed by atoms with Crippen molar-refractivity contribution < 1.29 is 13.9 Å². The number of hydrogen-bond donors (Lipinski definition) is 2. The molecule has 1 heterocycles. The molecule has 0 aliphatic carbocycles. The first-order valence-electron chi connectivity index (χ1n) is 8.67. The molecular weight excluding hydrogens is 336 g/mol. The molecule has 26 heavy (non-hydrogen) atoms. The molecule has 1 fully saturated rings. The Morgan fingerprint density at radius 2 is 1.96 bits per heavy atom. The number of halogens is 2. The van der Waals surface area contributed by atoms with Gasteiger partial charge >= 0.3 is 0 Å². The molecule has 6 heteroatoms. The van der Waals surface area contributed by atoms with Crippen LogP contribution in [0.15, 0.2) is 36.4 Å². The highest BCUT2D eigenvalue weighted by molar-refractivity contribution is 5.62. The van der Waals surface area contributed by atoms with Crippen molar-refractivity contribution in [1.82, 2.24) is 0 Å². The maximum absolute atomic E-state index is 13.9. The molecule has 2 aromatic rings. The third kappa shape index (κ3) is 3.78. The van der Waals surface area contributed by atoms with Crippen LogP contribution in [0.2, 0.25) is 0 Å². The lowest BCUT2D eigenvalue weighted by Crippen LogP contribution is -2.36. The van der Waals surface area contributed by atoms with Gasteiger partial charge in [-0.25, -0.2) is 8.78 Å². The van der Waals surface area contributed by atoms with Crippen LogP contribution in [0.4, 0.5) is 20.2 Å². The van der Waals surface area contributed by atoms with Crippen LogP contribution >= 0.6 is 0 Å². The zero-order valence-electron chi connectivity index (χ0n) is 14.5. The molecule has 0 radical (unpaired) electrons. The summed E-state index contributed by atoms with van der Waals surface area (Å²) in [7, 11) is 0. The quantitative estimate of drug-likeness (QED) is 0.869. The molecule has 0 unspecified atom stereocenters. The van der Waals surface area contributed by atoms with E-state index >= 15 is 0 Å². The lowest BCUT2D eigenvalue weighted by Gasteiger charge is -2.34. The normalized spacial score (nSPS) is 16.2. The highest BCUT2D eigenvalue weighted by Crippen LogP contribution is 2.32. The highest BCUT2D eigenvalue weighted by atomic mass is 19.1. The Morgan fingerprint density at radius 1 is 1.23 bits per heavy atom. The summed E-state index contributed by atoms with van der Waals surface area (Å²) < 4.78 is 27.7. The van der Waals surface area contributed by atoms with Gasteiger partial charge in [0.2, 0.25) is 0 Å². The van der Waals surface area contributed by atoms with E-state index in [0.29, 0.717) is 31.6 Å². The summed E-state index contributed by atoms with van der Waals surface area (Å²) in [6, 6.07) is 10.5. The van der Waals surface area contributed by atoms with E-state index in [9.17, 15) is 19.1 Å². The van der Waals surface area contributed by atoms with Gasteiger partial charge in [-0.05, 0) is 50.1 Å². The predicted molar refractivity (Wildman–Crippen MR) is 97.0 cm³/mol. The van der Waals surface area contributed by atoms with Crippen LogP contribution in [0, 0.1) is 23.0 Å². The number of aliphatic hydroxyl groups is 1. The molecule has 2 aromatic carbocycles. The van der Waals surface area contributed by atoms with E-state index in [0.717, 1.165) is 11.3 Å². The van der Waals surface area contributed by atoms with Gasteiger partial charge < -0.3 is 15.3 Å². The largest absolute Gasteiger partial charge is 0.393 e. The molecule has 0 amide bonds. The first-order valence-corrected chi connectivity index (χ1v) is 8.67. The Hall–Kier alpha value is -2.65. The van der Waals surface area contributed by atoms with Crippen molar-refractivity contribution in [3.8, 4) is 6.07 Å². The van der Waals surface area contributed by atoms with Crippen LogP contribution < -0.4 is 10.2 Å². The third-order valence-electron chi connectivity index (χ3n) is 4.76. The predicted octanol–water partition coefficient (Wildman–Crippen LogP) is 3.97. The second-order valence-corrected chi connectivity index (χ2v) is 6.56. The monoisotopic (exact) mass is 357 g/mol. The molecular formula is C20H21F2N3O. The molecule has 0 bridgehead atoms. The van der Waals surface area contributed by atoms with Gasteiger partial charge in [0.25, 0.3) is 0 Å². The third-order valence-corrected chi connectivity index (χ3v) is 4.76. The molecule has 1 atom stereocenters. The van der Waals surface area contributed by atoms with Crippen LogP contribution in [-0.2, 0) is 0 Å². The first kappa shape index (κ1) is 18.2. The van der Waals surface area contributed by atoms with Crippen molar-refractivity contribution in [3.63, 3.8) is 0 Å². The second kappa shape index (κ2) is 7.71. The van der Waals surface area contributed by atoms with Gasteiger partial charge in [0.1, 0.15) is 23.3 Å². The molecule has 136 valence electrons. The number of piperidine rings is 1. The smallest absolute Gasteiger partial charge is 0.143 e. The molecule has 1 saturated heterocycles. The SMILES string of the molecule is C[C@@H](Nc1cccc(F)c1C#N)c1cc(F)ccc1N1CCC(O)CC1. The summed E-state index contributed by atoms with van der Waals surface area (Å²) >= 11 is 0. The fraction of sp³-hybridized carbons (Fsp3) is 0.350. The summed E-state index contributed by atoms with van der Waals surface area (Å²) in [5.74, 6) is -0.941. The van der Waals surface area contributed by atoms with Crippen molar-refractivity contribution in [2.75, 3.05) is 23.3 Å². The number of rotatable bonds is 4. The minimum atomic E-state index is -0.589. The van der Waals surface area contributed by atoms with Crippen molar-refractivity contribution in [1.29, 1.82) is 5.26 Å². The van der Waals surface area contributed by atoms with E-state index in [-0.39, 0.29) is 23.5 Å². The van der Waals surface area contributed by atoms with Crippen LogP contribution in [0.5, 0.6) is 0 Å². The van der Waals surface area contributed by atoms with Crippen molar-refractivity contribution in [3.05, 3.63) is 59.2 Å². The average Bonchev–Trinajstić information content (AvgIpc) is 2.63. The Bertz CT molecular complexity index is 826. The van der Waals surface area contributed by atoms with Crippen molar-refractivity contribution in [2.24, 2.45) is 0 Å². The lowest BCUT2D eigenvalue weighted by molar-refractivity contribution is 0.145. The number of aliphatic hydroxyl groups excluding tert-OH is 1. The minimum absolute atomic E-state index is 0.0570. The van der Waals surface area contributed by atoms with Gasteiger partial charge in [-0.3, -0.25) is 0 Å². The van der Waals surface area contributed by atoms with E-state index in [2.05, 4.69) is 10.2 Å². The fourth-order valence-corrected chi connectivity index (χ4v) is 3.34. The molecule has 1 aliphatic heterocycles. The molecule has 0 saturated carbocycles. The summed E-state index contributed by atoms with van der Waals surface area (Å²) in [6.07, 6.45) is 1.04. The average molecular weight is 357 g/mol. The molecule has 4 nitrogen and oxygen atoms in total. The number of nitrogens with zero attached hydrogens (tertiary/aromatic N) is 2. The number of nitriles is 1. The van der Waals surface area contributed by atoms with E-state index in [4.69, 9.17) is 0 Å². The molecule has 0 aromatic heterocycles. The van der Waals surface area contributed by atoms with E-state index in [1.54, 1.807) is 12.1 Å². The second-order valence-electron chi connectivity index (χ2n) is 6.56. The first-order chi connectivity index (χ1) is 12.5. The standard InChI is InChI=1S/C20H21F2N3O/c1-13(24-19-4-2-3-18(22)17(19)12-23)16-11-14(21)5-6-20(16)25-9-7-15(26)8-10-25/h2-6,11,13,15,24,26H,7-10H2,1H3/t13-/m1/s1. The van der Waals surface area contributed by atoms with Gasteiger partial charge in [-0.15, -0.1) is 0 Å². The van der Waals surface area contributed by atoms with Crippen LogP contribution in [-0.4, -0.2) is 24.3 Å². The van der Waals surface area contributed by atoms with Crippen molar-refractivity contribution in [2.45, 2.75) is 31.9 Å². The Balaban J connectivity index is 1.90. The molecule has 3 rings (SSSR count). The van der Waals surface area contributed by atoms with Gasteiger partial charge in [-0.2, -0.15) is 5.26 Å². The zero-order valence-corrected chi connectivity index (χ0v) is 14.5. The number of benzene rings is 2. The molecule has 0 spiro atoms. The van der Waals surface area contributed by atoms with E-state index < -0.39 is 5.82 Å². The molecule has 1 aliphatic rings. The van der Waals surface area contributed by atoms with Gasteiger partial charge in [0.15, 0.2) is 0 Å². The van der Waals surface area contributed by atoms with Gasteiger partial charge in [0, 0.05) is 24.3 Å².